The van der Waals surface area contributed by atoms with Gasteiger partial charge in [0.05, 0.1) is 31.1 Å². The van der Waals surface area contributed by atoms with Gasteiger partial charge in [0.1, 0.15) is 24.5 Å². The molecule has 0 bridgehead atoms. The van der Waals surface area contributed by atoms with Crippen molar-refractivity contribution in [2.24, 2.45) is 5.92 Å². The van der Waals surface area contributed by atoms with Gasteiger partial charge in [-0.05, 0) is 37.9 Å². The van der Waals surface area contributed by atoms with Crippen molar-refractivity contribution in [2.45, 2.75) is 25.3 Å². The summed E-state index contributed by atoms with van der Waals surface area (Å²) in [6, 6.07) is 5.73. The van der Waals surface area contributed by atoms with Crippen LogP contribution in [-0.2, 0) is 6.54 Å². The standard InChI is InChI=1S/C25H30N6O4/c1-32-22-5-4-19-24(28-22)23-17(15-35-21(23)12-27-19)14-31-6-2-3-16(13-31)10-26-11-18-9-20-25(30-29-18)34-8-7-33-20/h4-5,9,12,16-17,26H,2-3,6-8,10-11,13-15H2,1H3/t16-,17?/m0/s1. The van der Waals surface area contributed by atoms with E-state index >= 15 is 0 Å². The van der Waals surface area contributed by atoms with E-state index < -0.39 is 0 Å². The van der Waals surface area contributed by atoms with E-state index in [1.807, 2.05) is 24.4 Å². The fourth-order valence-electron chi connectivity index (χ4n) is 5.27. The first-order chi connectivity index (χ1) is 17.3. The zero-order chi connectivity index (χ0) is 23.6. The molecule has 3 aromatic heterocycles. The summed E-state index contributed by atoms with van der Waals surface area (Å²) in [7, 11) is 1.64. The van der Waals surface area contributed by atoms with Gasteiger partial charge in [-0.25, -0.2) is 4.98 Å². The molecular formula is C25H30N6O4. The number of hydrogen-bond acceptors (Lipinski definition) is 10. The normalized spacial score (nSPS) is 21.5. The lowest BCUT2D eigenvalue weighted by molar-refractivity contribution is 0.156. The Morgan fingerprint density at radius 1 is 1.14 bits per heavy atom. The number of hydrogen-bond donors (Lipinski definition) is 1. The van der Waals surface area contributed by atoms with Gasteiger partial charge in [-0.15, -0.1) is 5.10 Å². The van der Waals surface area contributed by atoms with Crippen LogP contribution in [0.25, 0.3) is 11.0 Å². The van der Waals surface area contributed by atoms with Crippen LogP contribution in [0.2, 0.25) is 0 Å². The molecule has 1 N–H and O–H groups in total. The highest BCUT2D eigenvalue weighted by Gasteiger charge is 2.31. The zero-order valence-electron chi connectivity index (χ0n) is 19.9. The van der Waals surface area contributed by atoms with Gasteiger partial charge in [-0.1, -0.05) is 0 Å². The van der Waals surface area contributed by atoms with Gasteiger partial charge in [0.2, 0.25) is 5.88 Å². The largest absolute Gasteiger partial charge is 0.491 e. The van der Waals surface area contributed by atoms with Gasteiger partial charge in [-0.3, -0.25) is 4.98 Å². The highest BCUT2D eigenvalue weighted by Crippen LogP contribution is 2.39. The summed E-state index contributed by atoms with van der Waals surface area (Å²) >= 11 is 0. The van der Waals surface area contributed by atoms with Crippen LogP contribution in [0.1, 0.15) is 30.0 Å². The van der Waals surface area contributed by atoms with Crippen molar-refractivity contribution in [3.05, 3.63) is 35.7 Å². The van der Waals surface area contributed by atoms with Gasteiger partial charge in [0.25, 0.3) is 5.88 Å². The number of rotatable bonds is 7. The van der Waals surface area contributed by atoms with Gasteiger partial charge >= 0.3 is 0 Å². The van der Waals surface area contributed by atoms with Crippen molar-refractivity contribution in [3.63, 3.8) is 0 Å². The maximum Gasteiger partial charge on any atom is 0.276 e. The quantitative estimate of drug-likeness (QED) is 0.543. The van der Waals surface area contributed by atoms with Crippen molar-refractivity contribution in [1.29, 1.82) is 0 Å². The van der Waals surface area contributed by atoms with Crippen LogP contribution in [0.4, 0.5) is 0 Å². The van der Waals surface area contributed by atoms with E-state index in [1.54, 1.807) is 7.11 Å². The molecule has 0 radical (unpaired) electrons. The second-order valence-electron chi connectivity index (χ2n) is 9.37. The number of methoxy groups -OCH3 is 1. The SMILES string of the molecule is COc1ccc2ncc3c(c2n1)C(CN1CCC[C@@H](CNCc2cc4c(nn2)OCCO4)C1)CO3. The molecule has 6 heterocycles. The lowest BCUT2D eigenvalue weighted by atomic mass is 9.94. The van der Waals surface area contributed by atoms with E-state index in [1.165, 1.54) is 12.8 Å². The lowest BCUT2D eigenvalue weighted by Crippen LogP contribution is -2.41. The van der Waals surface area contributed by atoms with Crippen molar-refractivity contribution < 1.29 is 18.9 Å². The van der Waals surface area contributed by atoms with Crippen molar-refractivity contribution >= 4 is 11.0 Å². The number of pyridine rings is 2. The van der Waals surface area contributed by atoms with Gasteiger partial charge in [-0.2, -0.15) is 5.10 Å². The van der Waals surface area contributed by atoms with E-state index in [9.17, 15) is 0 Å². The summed E-state index contributed by atoms with van der Waals surface area (Å²) in [6.45, 7) is 6.46. The lowest BCUT2D eigenvalue weighted by Gasteiger charge is -2.34. The number of nitrogens with zero attached hydrogens (tertiary/aromatic N) is 5. The van der Waals surface area contributed by atoms with E-state index in [-0.39, 0.29) is 5.92 Å². The molecule has 10 nitrogen and oxygen atoms in total. The van der Waals surface area contributed by atoms with E-state index in [4.69, 9.17) is 23.9 Å². The second-order valence-corrected chi connectivity index (χ2v) is 9.37. The van der Waals surface area contributed by atoms with E-state index in [0.29, 0.717) is 49.8 Å². The Morgan fingerprint density at radius 3 is 3.03 bits per heavy atom. The van der Waals surface area contributed by atoms with Crippen LogP contribution in [0.15, 0.2) is 24.4 Å². The molecule has 0 saturated carbocycles. The third kappa shape index (κ3) is 4.68. The van der Waals surface area contributed by atoms with E-state index in [0.717, 1.165) is 54.2 Å². The molecule has 0 aliphatic carbocycles. The number of likely N-dealkylation sites (tertiary alicyclic amines) is 1. The molecule has 184 valence electrons. The smallest absolute Gasteiger partial charge is 0.276 e. The zero-order valence-corrected chi connectivity index (χ0v) is 19.9. The van der Waals surface area contributed by atoms with Crippen LogP contribution in [0, 0.1) is 5.92 Å². The molecule has 0 spiro atoms. The summed E-state index contributed by atoms with van der Waals surface area (Å²) in [5.74, 6) is 3.47. The Morgan fingerprint density at radius 2 is 2.09 bits per heavy atom. The minimum absolute atomic E-state index is 0.273. The molecular weight excluding hydrogens is 448 g/mol. The third-order valence-corrected chi connectivity index (χ3v) is 6.93. The van der Waals surface area contributed by atoms with Crippen LogP contribution in [0.3, 0.4) is 0 Å². The first kappa shape index (κ1) is 22.2. The topological polar surface area (TPSA) is 104 Å². The number of nitrogens with one attached hydrogen (secondary N) is 1. The van der Waals surface area contributed by atoms with Crippen LogP contribution < -0.4 is 24.3 Å². The van der Waals surface area contributed by atoms with Crippen molar-refractivity contribution in [1.82, 2.24) is 30.4 Å². The monoisotopic (exact) mass is 478 g/mol. The van der Waals surface area contributed by atoms with Gasteiger partial charge < -0.3 is 29.2 Å². The summed E-state index contributed by atoms with van der Waals surface area (Å²) in [4.78, 5) is 11.8. The molecule has 3 aliphatic heterocycles. The highest BCUT2D eigenvalue weighted by atomic mass is 16.6. The Hall–Kier alpha value is -3.24. The first-order valence-corrected chi connectivity index (χ1v) is 12.3. The van der Waals surface area contributed by atoms with Crippen molar-refractivity contribution in [2.75, 3.05) is 53.1 Å². The summed E-state index contributed by atoms with van der Waals surface area (Å²) in [5.41, 5.74) is 3.79. The fraction of sp³-hybridized carbons (Fsp3) is 0.520. The molecule has 3 aromatic rings. The van der Waals surface area contributed by atoms with E-state index in [2.05, 4.69) is 25.4 Å². The predicted octanol–water partition coefficient (Wildman–Crippen LogP) is 2.18. The maximum absolute atomic E-state index is 6.00. The van der Waals surface area contributed by atoms with Crippen molar-refractivity contribution in [3.8, 4) is 23.3 Å². The summed E-state index contributed by atoms with van der Waals surface area (Å²) < 4.78 is 22.4. The highest BCUT2D eigenvalue weighted by molar-refractivity contribution is 5.81. The molecule has 6 rings (SSSR count). The summed E-state index contributed by atoms with van der Waals surface area (Å²) in [5, 5.41) is 11.9. The number of fused-ring (bicyclic) bond motifs is 4. The third-order valence-electron chi connectivity index (χ3n) is 6.93. The van der Waals surface area contributed by atoms with Gasteiger partial charge in [0, 0.05) is 43.2 Å². The molecule has 10 heteroatoms. The first-order valence-electron chi connectivity index (χ1n) is 12.3. The fourth-order valence-corrected chi connectivity index (χ4v) is 5.27. The molecule has 1 fully saturated rings. The Kier molecular flexibility index (Phi) is 6.22. The molecule has 1 saturated heterocycles. The Labute approximate surface area is 204 Å². The molecule has 1 unspecified atom stereocenters. The summed E-state index contributed by atoms with van der Waals surface area (Å²) in [6.07, 6.45) is 4.25. The van der Waals surface area contributed by atoms with Gasteiger partial charge in [0.15, 0.2) is 5.75 Å². The number of piperidine rings is 1. The molecule has 0 amide bonds. The Balaban J connectivity index is 1.07. The van der Waals surface area contributed by atoms with Crippen LogP contribution in [0.5, 0.6) is 23.3 Å². The number of ether oxygens (including phenoxy) is 4. The van der Waals surface area contributed by atoms with Crippen LogP contribution >= 0.6 is 0 Å². The predicted molar refractivity (Wildman–Crippen MR) is 128 cm³/mol. The Bertz CT molecular complexity index is 1210. The average Bonchev–Trinajstić information content (AvgIpc) is 3.31. The molecule has 2 atom stereocenters. The van der Waals surface area contributed by atoms with Crippen LogP contribution in [-0.4, -0.2) is 78.2 Å². The molecule has 35 heavy (non-hydrogen) atoms. The minimum Gasteiger partial charge on any atom is -0.491 e. The number of aromatic nitrogens is 4. The average molecular weight is 479 g/mol. The maximum atomic E-state index is 6.00. The minimum atomic E-state index is 0.273. The molecule has 3 aliphatic rings. The molecule has 0 aromatic carbocycles. The second kappa shape index (κ2) is 9.79.